The largest absolute Gasteiger partial charge is 0.490 e. The van der Waals surface area contributed by atoms with Crippen LogP contribution in [0.5, 0.6) is 11.5 Å². The van der Waals surface area contributed by atoms with Gasteiger partial charge in [-0.3, -0.25) is 4.57 Å². The molecule has 0 radical (unpaired) electrons. The number of aromatic nitrogens is 2. The summed E-state index contributed by atoms with van der Waals surface area (Å²) in [4.78, 5) is 16.9. The molecule has 0 amide bonds. The van der Waals surface area contributed by atoms with E-state index in [0.29, 0.717) is 23.5 Å². The number of esters is 1. The van der Waals surface area contributed by atoms with E-state index >= 15 is 0 Å². The lowest BCUT2D eigenvalue weighted by Gasteiger charge is -2.12. The molecule has 0 aliphatic carbocycles. The summed E-state index contributed by atoms with van der Waals surface area (Å²) in [6, 6.07) is 13.9. The second-order valence-corrected chi connectivity index (χ2v) is 6.20. The monoisotopic (exact) mass is 379 g/mol. The lowest BCUT2D eigenvalue weighted by molar-refractivity contribution is 0.0728. The average molecular weight is 379 g/mol. The fourth-order valence-corrected chi connectivity index (χ4v) is 3.04. The summed E-state index contributed by atoms with van der Waals surface area (Å²) in [6.45, 7) is 2.22. The van der Waals surface area contributed by atoms with Gasteiger partial charge >= 0.3 is 5.97 Å². The van der Waals surface area contributed by atoms with Gasteiger partial charge in [0.25, 0.3) is 0 Å². The van der Waals surface area contributed by atoms with E-state index in [-0.39, 0.29) is 5.75 Å². The van der Waals surface area contributed by atoms with Gasteiger partial charge in [-0.05, 0) is 43.5 Å². The molecule has 0 aliphatic heterocycles. The van der Waals surface area contributed by atoms with Crippen LogP contribution in [-0.4, -0.2) is 28.4 Å². The summed E-state index contributed by atoms with van der Waals surface area (Å²) < 4.78 is 12.9. The molecular weight excluding hydrogens is 362 g/mol. The van der Waals surface area contributed by atoms with Gasteiger partial charge in [-0.1, -0.05) is 17.8 Å². The van der Waals surface area contributed by atoms with Crippen molar-refractivity contribution in [2.75, 3.05) is 12.9 Å². The van der Waals surface area contributed by atoms with Crippen molar-refractivity contribution in [2.45, 2.75) is 12.1 Å². The first-order valence-electron chi connectivity index (χ1n) is 8.23. The molecule has 27 heavy (non-hydrogen) atoms. The number of rotatable bonds is 6. The molecule has 7 heteroatoms. The molecule has 0 atom stereocenters. The topological polar surface area (TPSA) is 77.1 Å². The highest BCUT2D eigenvalue weighted by Gasteiger charge is 2.15. The van der Waals surface area contributed by atoms with Crippen LogP contribution in [0.1, 0.15) is 22.8 Å². The number of nitriles is 1. The summed E-state index contributed by atoms with van der Waals surface area (Å²) >= 11 is 1.52. The summed E-state index contributed by atoms with van der Waals surface area (Å²) in [6.07, 6.45) is 5.49. The smallest absolute Gasteiger partial charge is 0.343 e. The van der Waals surface area contributed by atoms with Crippen LogP contribution in [0.15, 0.2) is 60.0 Å². The van der Waals surface area contributed by atoms with E-state index in [1.807, 2.05) is 36.1 Å². The van der Waals surface area contributed by atoms with Gasteiger partial charge < -0.3 is 9.47 Å². The minimum atomic E-state index is -0.506. The van der Waals surface area contributed by atoms with Crippen LogP contribution >= 0.6 is 11.8 Å². The summed E-state index contributed by atoms with van der Waals surface area (Å²) in [7, 11) is 0. The first kappa shape index (κ1) is 18.5. The highest BCUT2D eigenvalue weighted by atomic mass is 32.2. The number of carbonyl (C=O) groups is 1. The summed E-state index contributed by atoms with van der Waals surface area (Å²) in [5.74, 6) is 0.132. The number of imidazole rings is 1. The minimum absolute atomic E-state index is 0.277. The second kappa shape index (κ2) is 8.43. The molecule has 136 valence electrons. The Morgan fingerprint density at radius 3 is 2.85 bits per heavy atom. The first-order chi connectivity index (χ1) is 13.2. The Hall–Kier alpha value is -3.24. The van der Waals surface area contributed by atoms with E-state index in [4.69, 9.17) is 14.7 Å². The molecule has 0 N–H and O–H groups in total. The van der Waals surface area contributed by atoms with Crippen molar-refractivity contribution < 1.29 is 14.3 Å². The lowest BCUT2D eigenvalue weighted by Crippen LogP contribution is -2.10. The van der Waals surface area contributed by atoms with E-state index in [0.717, 1.165) is 10.8 Å². The SMILES string of the molecule is CCOc1cc(C#N)ccc1OC(=O)c1cccc(-n2ccnc2SC)c1. The number of ether oxygens (including phenoxy) is 2. The Morgan fingerprint density at radius 1 is 1.26 bits per heavy atom. The van der Waals surface area contributed by atoms with Crippen LogP contribution < -0.4 is 9.47 Å². The van der Waals surface area contributed by atoms with E-state index in [1.165, 1.54) is 11.8 Å². The Balaban J connectivity index is 1.87. The number of hydrogen-bond donors (Lipinski definition) is 0. The third-order valence-electron chi connectivity index (χ3n) is 3.72. The van der Waals surface area contributed by atoms with Gasteiger partial charge in [-0.15, -0.1) is 0 Å². The molecule has 0 fully saturated rings. The highest BCUT2D eigenvalue weighted by Crippen LogP contribution is 2.29. The standard InChI is InChI=1S/C20H17N3O3S/c1-3-25-18-11-14(13-21)7-8-17(18)26-19(24)15-5-4-6-16(12-15)23-10-9-22-20(23)27-2/h4-12H,3H2,1-2H3. The Labute approximate surface area is 161 Å². The molecule has 0 saturated heterocycles. The molecule has 0 unspecified atom stereocenters. The predicted octanol–water partition coefficient (Wildman–Crippen LogP) is 4.08. The van der Waals surface area contributed by atoms with Gasteiger partial charge in [-0.25, -0.2) is 9.78 Å². The van der Waals surface area contributed by atoms with Crippen molar-refractivity contribution in [2.24, 2.45) is 0 Å². The third-order valence-corrected chi connectivity index (χ3v) is 4.39. The first-order valence-corrected chi connectivity index (χ1v) is 9.45. The van der Waals surface area contributed by atoms with Crippen LogP contribution in [0.25, 0.3) is 5.69 Å². The maximum absolute atomic E-state index is 12.6. The molecule has 3 aromatic rings. The lowest BCUT2D eigenvalue weighted by atomic mass is 10.2. The molecule has 6 nitrogen and oxygen atoms in total. The molecule has 1 heterocycles. The molecule has 1 aromatic heterocycles. The fraction of sp³-hybridized carbons (Fsp3) is 0.150. The molecule has 0 bridgehead atoms. The molecule has 0 aliphatic rings. The Kier molecular flexibility index (Phi) is 5.79. The third kappa shape index (κ3) is 4.13. The number of nitrogens with zero attached hydrogens (tertiary/aromatic N) is 3. The molecule has 0 spiro atoms. The predicted molar refractivity (Wildman–Crippen MR) is 103 cm³/mol. The normalized spacial score (nSPS) is 10.3. The molecule has 2 aromatic carbocycles. The minimum Gasteiger partial charge on any atom is -0.490 e. The van der Waals surface area contributed by atoms with Crippen molar-refractivity contribution in [1.82, 2.24) is 9.55 Å². The van der Waals surface area contributed by atoms with Crippen LogP contribution in [0.4, 0.5) is 0 Å². The van der Waals surface area contributed by atoms with Gasteiger partial charge in [0, 0.05) is 24.1 Å². The Bertz CT molecular complexity index is 1010. The quantitative estimate of drug-likeness (QED) is 0.365. The van der Waals surface area contributed by atoms with Gasteiger partial charge in [0.2, 0.25) is 0 Å². The van der Waals surface area contributed by atoms with Gasteiger partial charge in [0.1, 0.15) is 0 Å². The zero-order valence-electron chi connectivity index (χ0n) is 14.9. The van der Waals surface area contributed by atoms with Crippen LogP contribution in [0.3, 0.4) is 0 Å². The maximum Gasteiger partial charge on any atom is 0.343 e. The zero-order valence-corrected chi connectivity index (χ0v) is 15.7. The van der Waals surface area contributed by atoms with Crippen LogP contribution in [-0.2, 0) is 0 Å². The van der Waals surface area contributed by atoms with Crippen molar-refractivity contribution in [3.63, 3.8) is 0 Å². The molecular formula is C20H17N3O3S. The number of hydrogen-bond acceptors (Lipinski definition) is 6. The second-order valence-electron chi connectivity index (χ2n) is 5.43. The van der Waals surface area contributed by atoms with Crippen molar-refractivity contribution in [3.8, 4) is 23.3 Å². The van der Waals surface area contributed by atoms with E-state index < -0.39 is 5.97 Å². The molecule has 0 saturated carbocycles. The Morgan fingerprint density at radius 2 is 2.11 bits per heavy atom. The van der Waals surface area contributed by atoms with E-state index in [1.54, 1.807) is 42.6 Å². The maximum atomic E-state index is 12.6. The van der Waals surface area contributed by atoms with Crippen LogP contribution in [0, 0.1) is 11.3 Å². The van der Waals surface area contributed by atoms with E-state index in [2.05, 4.69) is 4.98 Å². The van der Waals surface area contributed by atoms with Crippen LogP contribution in [0.2, 0.25) is 0 Å². The fourth-order valence-electron chi connectivity index (χ4n) is 2.51. The zero-order chi connectivity index (χ0) is 19.2. The van der Waals surface area contributed by atoms with Gasteiger partial charge in [-0.2, -0.15) is 5.26 Å². The summed E-state index contributed by atoms with van der Waals surface area (Å²) in [5, 5.41) is 9.85. The number of benzene rings is 2. The van der Waals surface area contributed by atoms with Gasteiger partial charge in [0.15, 0.2) is 16.7 Å². The number of thioether (sulfide) groups is 1. The average Bonchev–Trinajstić information content (AvgIpc) is 3.18. The van der Waals surface area contributed by atoms with Crippen molar-refractivity contribution >= 4 is 17.7 Å². The summed E-state index contributed by atoms with van der Waals surface area (Å²) in [5.41, 5.74) is 1.65. The van der Waals surface area contributed by atoms with Crippen molar-refractivity contribution in [1.29, 1.82) is 5.26 Å². The highest BCUT2D eigenvalue weighted by molar-refractivity contribution is 7.98. The van der Waals surface area contributed by atoms with Gasteiger partial charge in [0.05, 0.1) is 23.8 Å². The molecule has 3 rings (SSSR count). The van der Waals surface area contributed by atoms with E-state index in [9.17, 15) is 4.79 Å². The van der Waals surface area contributed by atoms with Crippen molar-refractivity contribution in [3.05, 3.63) is 66.0 Å². The number of carbonyl (C=O) groups excluding carboxylic acids is 1.